The molecular weight excluding hydrogens is 238 g/mol. The summed E-state index contributed by atoms with van der Waals surface area (Å²) in [6.07, 6.45) is 5.46. The summed E-state index contributed by atoms with van der Waals surface area (Å²) in [5, 5.41) is 7.60. The molecule has 0 N–H and O–H groups in total. The van der Waals surface area contributed by atoms with Gasteiger partial charge < -0.3 is 9.09 Å². The van der Waals surface area contributed by atoms with E-state index >= 15 is 0 Å². The average Bonchev–Trinajstić information content (AvgIpc) is 3.08. The van der Waals surface area contributed by atoms with Crippen LogP contribution in [-0.2, 0) is 6.54 Å². The summed E-state index contributed by atoms with van der Waals surface area (Å²) in [6.45, 7) is 0.672. The molecule has 19 heavy (non-hydrogen) atoms. The molecule has 0 aliphatic carbocycles. The van der Waals surface area contributed by atoms with Crippen molar-refractivity contribution >= 4 is 21.7 Å². The molecule has 2 heterocycles. The minimum atomic E-state index is 0.672. The average molecular weight is 249 g/mol. The molecule has 0 radical (unpaired) electrons. The monoisotopic (exact) mass is 249 g/mol. The van der Waals surface area contributed by atoms with E-state index in [1.807, 2.05) is 29.0 Å². The van der Waals surface area contributed by atoms with Crippen LogP contribution in [0.1, 0.15) is 5.69 Å². The van der Waals surface area contributed by atoms with Crippen molar-refractivity contribution in [3.8, 4) is 0 Å². The van der Waals surface area contributed by atoms with Crippen molar-refractivity contribution in [2.45, 2.75) is 6.54 Å². The fourth-order valence-electron chi connectivity index (χ4n) is 2.34. The fourth-order valence-corrected chi connectivity index (χ4v) is 2.34. The van der Waals surface area contributed by atoms with Crippen LogP contribution in [0.5, 0.6) is 0 Å². The predicted octanol–water partition coefficient (Wildman–Crippen LogP) is 3.23. The zero-order chi connectivity index (χ0) is 12.7. The van der Waals surface area contributed by atoms with Gasteiger partial charge in [0.05, 0.1) is 12.9 Å². The number of aromatic nitrogens is 3. The normalized spacial score (nSPS) is 11.4. The Morgan fingerprint density at radius 3 is 2.74 bits per heavy atom. The number of benzene rings is 2. The maximum atomic E-state index is 5.42. The fraction of sp³-hybridized carbons (Fsp3) is 0.0667. The molecular formula is C15H11N3O. The lowest BCUT2D eigenvalue weighted by molar-refractivity contribution is 0.443. The lowest BCUT2D eigenvalue weighted by Gasteiger charge is -1.99. The first-order valence-electron chi connectivity index (χ1n) is 6.13. The molecule has 0 atom stereocenters. The van der Waals surface area contributed by atoms with Crippen LogP contribution in [0.3, 0.4) is 0 Å². The lowest BCUT2D eigenvalue weighted by Crippen LogP contribution is -1.96. The number of hydrogen-bond donors (Lipinski definition) is 0. The molecule has 0 unspecified atom stereocenters. The van der Waals surface area contributed by atoms with Crippen molar-refractivity contribution in [3.63, 3.8) is 0 Å². The van der Waals surface area contributed by atoms with Crippen molar-refractivity contribution in [2.75, 3.05) is 0 Å². The molecule has 0 aliphatic rings. The second-order valence-electron chi connectivity index (χ2n) is 4.56. The molecule has 0 aliphatic heterocycles. The van der Waals surface area contributed by atoms with Gasteiger partial charge in [0.2, 0.25) is 0 Å². The Balaban J connectivity index is 1.90. The lowest BCUT2D eigenvalue weighted by atomic mass is 10.1. The second kappa shape index (κ2) is 3.95. The van der Waals surface area contributed by atoms with Gasteiger partial charge in [-0.15, -0.1) is 0 Å². The summed E-state index contributed by atoms with van der Waals surface area (Å²) >= 11 is 0. The van der Waals surface area contributed by atoms with Crippen LogP contribution in [0.25, 0.3) is 21.7 Å². The predicted molar refractivity (Wildman–Crippen MR) is 72.8 cm³/mol. The molecule has 2 aromatic heterocycles. The van der Waals surface area contributed by atoms with Crippen LogP contribution in [0.4, 0.5) is 0 Å². The Labute approximate surface area is 109 Å². The highest BCUT2D eigenvalue weighted by Gasteiger charge is 2.09. The quantitative estimate of drug-likeness (QED) is 0.548. The van der Waals surface area contributed by atoms with Gasteiger partial charge >= 0.3 is 0 Å². The van der Waals surface area contributed by atoms with Crippen LogP contribution in [0, 0.1) is 0 Å². The summed E-state index contributed by atoms with van der Waals surface area (Å²) in [7, 11) is 0. The van der Waals surface area contributed by atoms with Crippen molar-refractivity contribution in [1.82, 2.24) is 14.7 Å². The molecule has 0 bridgehead atoms. The van der Waals surface area contributed by atoms with E-state index in [0.29, 0.717) is 6.54 Å². The van der Waals surface area contributed by atoms with Gasteiger partial charge in [-0.1, -0.05) is 29.4 Å². The zero-order valence-electron chi connectivity index (χ0n) is 10.2. The maximum Gasteiger partial charge on any atom is 0.167 e. The third-order valence-corrected chi connectivity index (χ3v) is 3.30. The highest BCUT2D eigenvalue weighted by molar-refractivity contribution is 5.96. The van der Waals surface area contributed by atoms with E-state index in [9.17, 15) is 0 Å². The van der Waals surface area contributed by atoms with E-state index in [-0.39, 0.29) is 0 Å². The number of rotatable bonds is 2. The van der Waals surface area contributed by atoms with Crippen molar-refractivity contribution in [1.29, 1.82) is 0 Å². The number of nitrogens with zero attached hydrogens (tertiary/aromatic N) is 3. The minimum absolute atomic E-state index is 0.672. The number of imidazole rings is 1. The van der Waals surface area contributed by atoms with E-state index in [0.717, 1.165) is 16.7 Å². The van der Waals surface area contributed by atoms with Crippen molar-refractivity contribution in [2.24, 2.45) is 0 Å². The van der Waals surface area contributed by atoms with Gasteiger partial charge in [-0.05, 0) is 22.9 Å². The van der Waals surface area contributed by atoms with E-state index in [2.05, 4.69) is 28.3 Å². The molecule has 4 nitrogen and oxygen atoms in total. The third-order valence-electron chi connectivity index (χ3n) is 3.30. The zero-order valence-corrected chi connectivity index (χ0v) is 10.2. The van der Waals surface area contributed by atoms with Gasteiger partial charge in [0.25, 0.3) is 0 Å². The Morgan fingerprint density at radius 2 is 1.95 bits per heavy atom. The summed E-state index contributed by atoms with van der Waals surface area (Å²) in [6, 6.07) is 12.4. The third kappa shape index (κ3) is 1.69. The van der Waals surface area contributed by atoms with E-state index in [4.69, 9.17) is 4.52 Å². The largest absolute Gasteiger partial charge is 0.356 e. The van der Waals surface area contributed by atoms with Crippen LogP contribution < -0.4 is 0 Å². The number of fused-ring (bicyclic) bond motifs is 2. The highest BCUT2D eigenvalue weighted by atomic mass is 16.5. The Bertz CT molecular complexity index is 846. The first-order chi connectivity index (χ1) is 9.40. The number of hydrogen-bond acceptors (Lipinski definition) is 3. The maximum absolute atomic E-state index is 5.42. The smallest absolute Gasteiger partial charge is 0.167 e. The van der Waals surface area contributed by atoms with E-state index in [1.54, 1.807) is 12.5 Å². The topological polar surface area (TPSA) is 43.9 Å². The second-order valence-corrected chi connectivity index (χ2v) is 4.56. The van der Waals surface area contributed by atoms with Gasteiger partial charge in [0, 0.05) is 17.8 Å². The van der Waals surface area contributed by atoms with Gasteiger partial charge in [0.15, 0.2) is 5.58 Å². The van der Waals surface area contributed by atoms with Crippen LogP contribution in [0.2, 0.25) is 0 Å². The van der Waals surface area contributed by atoms with E-state index < -0.39 is 0 Å². The summed E-state index contributed by atoms with van der Waals surface area (Å²) in [5.74, 6) is 0. The van der Waals surface area contributed by atoms with Crippen LogP contribution >= 0.6 is 0 Å². The van der Waals surface area contributed by atoms with Crippen LogP contribution in [0.15, 0.2) is 59.6 Å². The highest BCUT2D eigenvalue weighted by Crippen LogP contribution is 2.25. The molecule has 0 fully saturated rings. The van der Waals surface area contributed by atoms with Gasteiger partial charge in [-0.2, -0.15) is 0 Å². The molecule has 4 rings (SSSR count). The van der Waals surface area contributed by atoms with Crippen molar-refractivity contribution in [3.05, 3.63) is 60.8 Å². The molecule has 2 aromatic carbocycles. The van der Waals surface area contributed by atoms with Crippen LogP contribution in [-0.4, -0.2) is 14.7 Å². The Morgan fingerprint density at radius 1 is 1.11 bits per heavy atom. The van der Waals surface area contributed by atoms with Gasteiger partial charge in [-0.3, -0.25) is 0 Å². The SMILES string of the molecule is c1ccc2cc3c(Cn4ccnc4)noc3cc2c1. The molecule has 0 saturated heterocycles. The molecule has 0 amide bonds. The van der Waals surface area contributed by atoms with Gasteiger partial charge in [0.1, 0.15) is 5.69 Å². The van der Waals surface area contributed by atoms with E-state index in [1.165, 1.54) is 10.8 Å². The Kier molecular flexibility index (Phi) is 2.14. The first-order valence-corrected chi connectivity index (χ1v) is 6.13. The summed E-state index contributed by atoms with van der Waals surface area (Å²) in [5.41, 5.74) is 1.76. The summed E-state index contributed by atoms with van der Waals surface area (Å²) < 4.78 is 7.40. The van der Waals surface area contributed by atoms with Gasteiger partial charge in [-0.25, -0.2) is 4.98 Å². The molecule has 0 saturated carbocycles. The summed E-state index contributed by atoms with van der Waals surface area (Å²) in [4.78, 5) is 4.04. The standard InChI is InChI=1S/C15H11N3O/c1-2-4-12-8-15-13(7-11(12)3-1)14(17-19-15)9-18-6-5-16-10-18/h1-8,10H,9H2. The molecule has 4 aromatic rings. The molecule has 92 valence electrons. The van der Waals surface area contributed by atoms with Crippen molar-refractivity contribution < 1.29 is 4.52 Å². The Hall–Kier alpha value is -2.62. The first kappa shape index (κ1) is 10.3. The minimum Gasteiger partial charge on any atom is -0.356 e. The molecule has 4 heteroatoms. The molecule has 0 spiro atoms.